The van der Waals surface area contributed by atoms with Crippen LogP contribution in [0.2, 0.25) is 0 Å². The predicted molar refractivity (Wildman–Crippen MR) is 98.3 cm³/mol. The number of aliphatic carboxylic acids is 1. The average Bonchev–Trinajstić information content (AvgIpc) is 2.59. The van der Waals surface area contributed by atoms with Crippen LogP contribution < -0.4 is 10.1 Å². The molecule has 1 amide bonds. The van der Waals surface area contributed by atoms with Gasteiger partial charge in [-0.2, -0.15) is 0 Å². The monoisotopic (exact) mass is 359 g/mol. The van der Waals surface area contributed by atoms with Gasteiger partial charge in [0.1, 0.15) is 5.75 Å². The fraction of sp³-hybridized carbons (Fsp3) is 0.263. The lowest BCUT2D eigenvalue weighted by Gasteiger charge is -2.15. The summed E-state index contributed by atoms with van der Waals surface area (Å²) < 4.78 is 5.06. The Morgan fingerprint density at radius 2 is 1.64 bits per heavy atom. The molecule has 2 rings (SSSR count). The second-order valence-electron chi connectivity index (χ2n) is 5.71. The maximum Gasteiger partial charge on any atom is 0.330 e. The van der Waals surface area contributed by atoms with Gasteiger partial charge in [-0.25, -0.2) is 4.79 Å². The third-order valence-electron chi connectivity index (χ3n) is 3.46. The first-order valence-corrected chi connectivity index (χ1v) is 8.73. The molecule has 0 aromatic heterocycles. The first kappa shape index (κ1) is 18.9. The van der Waals surface area contributed by atoms with Crippen molar-refractivity contribution >= 4 is 23.6 Å². The third kappa shape index (κ3) is 5.26. The molecular weight excluding hydrogens is 338 g/mol. The molecule has 0 bridgehead atoms. The second-order valence-corrected chi connectivity index (χ2v) is 7.36. The van der Waals surface area contributed by atoms with Crippen molar-refractivity contribution < 1.29 is 19.4 Å². The molecule has 2 aromatic rings. The maximum atomic E-state index is 12.4. The molecule has 1 atom stereocenters. The van der Waals surface area contributed by atoms with Crippen LogP contribution in [-0.4, -0.2) is 29.3 Å². The Morgan fingerprint density at radius 1 is 1.04 bits per heavy atom. The van der Waals surface area contributed by atoms with Crippen molar-refractivity contribution in [1.29, 1.82) is 0 Å². The van der Waals surface area contributed by atoms with E-state index >= 15 is 0 Å². The normalized spacial score (nSPS) is 11.8. The maximum absolute atomic E-state index is 12.4. The number of rotatable bonds is 7. The van der Waals surface area contributed by atoms with Gasteiger partial charge in [-0.05, 0) is 42.0 Å². The number of methoxy groups -OCH3 is 1. The van der Waals surface area contributed by atoms with Crippen LogP contribution in [0.4, 0.5) is 0 Å². The van der Waals surface area contributed by atoms with E-state index in [1.54, 1.807) is 48.2 Å². The Balaban J connectivity index is 2.13. The zero-order valence-electron chi connectivity index (χ0n) is 14.4. The Labute approximate surface area is 151 Å². The molecule has 132 valence electrons. The van der Waals surface area contributed by atoms with Gasteiger partial charge < -0.3 is 15.2 Å². The van der Waals surface area contributed by atoms with E-state index in [2.05, 4.69) is 19.2 Å². The van der Waals surface area contributed by atoms with E-state index < -0.39 is 17.9 Å². The van der Waals surface area contributed by atoms with E-state index in [1.807, 2.05) is 12.1 Å². The molecule has 0 aliphatic rings. The molecule has 6 heteroatoms. The van der Waals surface area contributed by atoms with E-state index in [9.17, 15) is 14.7 Å². The largest absolute Gasteiger partial charge is 0.497 e. The average molecular weight is 359 g/mol. The van der Waals surface area contributed by atoms with E-state index in [0.717, 1.165) is 4.90 Å². The lowest BCUT2D eigenvalue weighted by atomic mass is 10.1. The van der Waals surface area contributed by atoms with Crippen molar-refractivity contribution in [2.24, 2.45) is 0 Å². The van der Waals surface area contributed by atoms with Gasteiger partial charge in [0, 0.05) is 15.7 Å². The van der Waals surface area contributed by atoms with Gasteiger partial charge in [0.05, 0.1) is 7.11 Å². The van der Waals surface area contributed by atoms with E-state index in [-0.39, 0.29) is 0 Å². The number of ether oxygens (including phenoxy) is 1. The summed E-state index contributed by atoms with van der Waals surface area (Å²) in [6, 6.07) is 12.6. The zero-order valence-corrected chi connectivity index (χ0v) is 15.2. The molecule has 0 spiro atoms. The fourth-order valence-electron chi connectivity index (χ4n) is 2.26. The van der Waals surface area contributed by atoms with E-state index in [4.69, 9.17) is 4.74 Å². The van der Waals surface area contributed by atoms with Crippen LogP contribution in [0, 0.1) is 0 Å². The molecule has 2 aromatic carbocycles. The molecule has 0 aliphatic carbocycles. The van der Waals surface area contributed by atoms with E-state index in [0.29, 0.717) is 22.1 Å². The predicted octanol–water partition coefficient (Wildman–Crippen LogP) is 3.75. The number of carbonyl (C=O) groups is 2. The molecule has 25 heavy (non-hydrogen) atoms. The van der Waals surface area contributed by atoms with Gasteiger partial charge in [-0.15, -0.1) is 11.8 Å². The van der Waals surface area contributed by atoms with Gasteiger partial charge >= 0.3 is 5.97 Å². The summed E-state index contributed by atoms with van der Waals surface area (Å²) in [5.74, 6) is -0.924. The summed E-state index contributed by atoms with van der Waals surface area (Å²) in [6.07, 6.45) is 0. The molecule has 0 aliphatic heterocycles. The molecular formula is C19H21NO4S. The van der Waals surface area contributed by atoms with Gasteiger partial charge in [-0.3, -0.25) is 4.79 Å². The molecule has 0 radical (unpaired) electrons. The van der Waals surface area contributed by atoms with Crippen LogP contribution in [0.1, 0.15) is 35.8 Å². The SMILES string of the molecule is COc1ccc(C(NC(=O)c2ccc(SC(C)C)cc2)C(=O)O)cc1. The van der Waals surface area contributed by atoms with Gasteiger partial charge in [0.2, 0.25) is 0 Å². The molecule has 0 saturated carbocycles. The number of hydrogen-bond donors (Lipinski definition) is 2. The van der Waals surface area contributed by atoms with Crippen molar-refractivity contribution in [3.8, 4) is 5.75 Å². The summed E-state index contributed by atoms with van der Waals surface area (Å²) in [6.45, 7) is 4.19. The Morgan fingerprint density at radius 3 is 2.12 bits per heavy atom. The first-order chi connectivity index (χ1) is 11.9. The van der Waals surface area contributed by atoms with Crippen molar-refractivity contribution in [2.45, 2.75) is 30.0 Å². The summed E-state index contributed by atoms with van der Waals surface area (Å²) >= 11 is 1.70. The smallest absolute Gasteiger partial charge is 0.330 e. The van der Waals surface area contributed by atoms with Crippen LogP contribution in [0.25, 0.3) is 0 Å². The van der Waals surface area contributed by atoms with Crippen LogP contribution in [0.15, 0.2) is 53.4 Å². The van der Waals surface area contributed by atoms with Crippen molar-refractivity contribution in [3.63, 3.8) is 0 Å². The van der Waals surface area contributed by atoms with Crippen LogP contribution >= 0.6 is 11.8 Å². The Kier molecular flexibility index (Phi) is 6.47. The fourth-order valence-corrected chi connectivity index (χ4v) is 3.09. The molecule has 2 N–H and O–H groups in total. The van der Waals surface area contributed by atoms with Gasteiger partial charge in [0.25, 0.3) is 5.91 Å². The van der Waals surface area contributed by atoms with Crippen molar-refractivity contribution in [2.75, 3.05) is 7.11 Å². The summed E-state index contributed by atoms with van der Waals surface area (Å²) in [7, 11) is 1.53. The molecule has 5 nitrogen and oxygen atoms in total. The standard InChI is InChI=1S/C19H21NO4S/c1-12(2)25-16-10-6-14(7-11-16)18(21)20-17(19(22)23)13-4-8-15(24-3)9-5-13/h4-12,17H,1-3H3,(H,20,21)(H,22,23). The quantitative estimate of drug-likeness (QED) is 0.737. The van der Waals surface area contributed by atoms with Crippen LogP contribution in [0.3, 0.4) is 0 Å². The summed E-state index contributed by atoms with van der Waals surface area (Å²) in [4.78, 5) is 25.0. The molecule has 0 fully saturated rings. The highest BCUT2D eigenvalue weighted by atomic mass is 32.2. The number of thioether (sulfide) groups is 1. The minimum Gasteiger partial charge on any atom is -0.497 e. The third-order valence-corrected chi connectivity index (χ3v) is 4.48. The summed E-state index contributed by atoms with van der Waals surface area (Å²) in [5.41, 5.74) is 0.904. The number of nitrogens with one attached hydrogen (secondary N) is 1. The van der Waals surface area contributed by atoms with Gasteiger partial charge in [0.15, 0.2) is 6.04 Å². The zero-order chi connectivity index (χ0) is 18.4. The van der Waals surface area contributed by atoms with E-state index in [1.165, 1.54) is 7.11 Å². The molecule has 0 saturated heterocycles. The topological polar surface area (TPSA) is 75.6 Å². The van der Waals surface area contributed by atoms with Gasteiger partial charge in [-0.1, -0.05) is 26.0 Å². The summed E-state index contributed by atoms with van der Waals surface area (Å²) in [5, 5.41) is 12.5. The molecule has 1 unspecified atom stereocenters. The van der Waals surface area contributed by atoms with Crippen molar-refractivity contribution in [1.82, 2.24) is 5.32 Å². The number of carbonyl (C=O) groups excluding carboxylic acids is 1. The van der Waals surface area contributed by atoms with Crippen LogP contribution in [0.5, 0.6) is 5.75 Å². The minimum atomic E-state index is -1.12. The number of amides is 1. The number of carboxylic acid groups (broad SMARTS) is 1. The first-order valence-electron chi connectivity index (χ1n) is 7.85. The highest BCUT2D eigenvalue weighted by molar-refractivity contribution is 7.99. The highest BCUT2D eigenvalue weighted by Crippen LogP contribution is 2.23. The lowest BCUT2D eigenvalue weighted by molar-refractivity contribution is -0.139. The second kappa shape index (κ2) is 8.58. The number of benzene rings is 2. The molecule has 0 heterocycles. The highest BCUT2D eigenvalue weighted by Gasteiger charge is 2.22. The Bertz CT molecular complexity index is 726. The van der Waals surface area contributed by atoms with Crippen LogP contribution in [-0.2, 0) is 4.79 Å². The van der Waals surface area contributed by atoms with Crippen molar-refractivity contribution in [3.05, 3.63) is 59.7 Å². The Hall–Kier alpha value is -2.47. The number of hydrogen-bond acceptors (Lipinski definition) is 4. The minimum absolute atomic E-state index is 0.424. The number of carboxylic acids is 1. The lowest BCUT2D eigenvalue weighted by Crippen LogP contribution is -2.33.